The van der Waals surface area contributed by atoms with E-state index in [0.717, 1.165) is 22.0 Å². The normalized spacial score (nSPS) is 20.9. The first-order valence-corrected chi connectivity index (χ1v) is 12.2. The van der Waals surface area contributed by atoms with E-state index in [1.807, 2.05) is 83.8 Å². The summed E-state index contributed by atoms with van der Waals surface area (Å²) >= 11 is 0. The molecule has 0 bridgehead atoms. The Morgan fingerprint density at radius 2 is 1.59 bits per heavy atom. The highest BCUT2D eigenvalue weighted by atomic mass is 16.5. The second-order valence-corrected chi connectivity index (χ2v) is 9.42. The summed E-state index contributed by atoms with van der Waals surface area (Å²) in [5, 5.41) is 23.5. The van der Waals surface area contributed by atoms with Crippen LogP contribution in [0.1, 0.15) is 27.4 Å². The van der Waals surface area contributed by atoms with Crippen LogP contribution in [0.2, 0.25) is 0 Å². The summed E-state index contributed by atoms with van der Waals surface area (Å²) in [5.41, 5.74) is 1.50. The first kappa shape index (κ1) is 22.6. The Morgan fingerprint density at radius 3 is 2.35 bits per heavy atom. The van der Waals surface area contributed by atoms with Gasteiger partial charge in [0.1, 0.15) is 11.8 Å². The number of rotatable bonds is 4. The van der Waals surface area contributed by atoms with Crippen molar-refractivity contribution >= 4 is 28.3 Å². The number of Topliss-reactive ketones (excluding diaryl/α,β-unsaturated/α-hetero) is 1. The molecule has 0 radical (unpaired) electrons. The molecule has 3 atom stereocenters. The van der Waals surface area contributed by atoms with Crippen LogP contribution in [-0.4, -0.2) is 25.0 Å². The van der Waals surface area contributed by atoms with Crippen molar-refractivity contribution in [2.24, 2.45) is 5.41 Å². The average Bonchev–Trinajstić information content (AvgIpc) is 3.27. The number of ketones is 1. The molecule has 2 aliphatic rings. The van der Waals surface area contributed by atoms with E-state index in [1.165, 1.54) is 0 Å². The van der Waals surface area contributed by atoms with Gasteiger partial charge in [-0.25, -0.2) is 0 Å². The molecule has 0 aromatic heterocycles. The summed E-state index contributed by atoms with van der Waals surface area (Å²) in [4.78, 5) is 16.4. The van der Waals surface area contributed by atoms with E-state index >= 15 is 0 Å². The highest BCUT2D eigenvalue weighted by Gasteiger charge is 2.64. The zero-order valence-corrected chi connectivity index (χ0v) is 20.2. The molecule has 0 spiro atoms. The van der Waals surface area contributed by atoms with Gasteiger partial charge in [-0.15, -0.1) is 0 Å². The van der Waals surface area contributed by atoms with Gasteiger partial charge in [0, 0.05) is 28.3 Å². The lowest BCUT2D eigenvalue weighted by Crippen LogP contribution is -2.44. The van der Waals surface area contributed by atoms with E-state index in [2.05, 4.69) is 24.3 Å². The number of methoxy groups -OCH3 is 1. The third-order valence-electron chi connectivity index (χ3n) is 7.71. The second-order valence-electron chi connectivity index (χ2n) is 9.42. The number of fused-ring (bicyclic) bond motifs is 5. The second kappa shape index (κ2) is 8.66. The molecule has 0 aliphatic carbocycles. The largest absolute Gasteiger partial charge is 0.496 e. The van der Waals surface area contributed by atoms with Crippen LogP contribution in [0.25, 0.3) is 16.8 Å². The minimum absolute atomic E-state index is 0.136. The van der Waals surface area contributed by atoms with Crippen molar-refractivity contribution in [3.63, 3.8) is 0 Å². The third-order valence-corrected chi connectivity index (χ3v) is 7.71. The van der Waals surface area contributed by atoms with Crippen LogP contribution < -0.4 is 9.64 Å². The Morgan fingerprint density at radius 1 is 0.892 bits per heavy atom. The zero-order valence-electron chi connectivity index (χ0n) is 20.2. The maximum absolute atomic E-state index is 14.4. The number of nitrogens with zero attached hydrogens (tertiary/aromatic N) is 3. The summed E-state index contributed by atoms with van der Waals surface area (Å²) in [6, 6.07) is 31.9. The number of nitriles is 2. The molecule has 0 amide bonds. The Bertz CT molecular complexity index is 1630. The highest BCUT2D eigenvalue weighted by molar-refractivity contribution is 6.06. The van der Waals surface area contributed by atoms with E-state index in [0.29, 0.717) is 16.9 Å². The van der Waals surface area contributed by atoms with Crippen molar-refractivity contribution in [3.05, 3.63) is 114 Å². The molecular formula is C32H23N3O2. The van der Waals surface area contributed by atoms with Crippen molar-refractivity contribution < 1.29 is 9.53 Å². The Balaban J connectivity index is 1.67. The van der Waals surface area contributed by atoms with Crippen LogP contribution in [0.15, 0.2) is 97.1 Å². The lowest BCUT2D eigenvalue weighted by Gasteiger charge is -2.36. The Kier molecular flexibility index (Phi) is 5.29. The number of benzene rings is 4. The van der Waals surface area contributed by atoms with Gasteiger partial charge in [-0.2, -0.15) is 10.5 Å². The SMILES string of the molecule is COc1ccccc1[C@@H]1[C@@H](C(=O)c2ccccc2)N2c3ccc4ccccc4c3C=C[C@@H]2C1(C#N)C#N. The van der Waals surface area contributed by atoms with Crippen molar-refractivity contribution in [3.8, 4) is 17.9 Å². The first-order chi connectivity index (χ1) is 18.1. The van der Waals surface area contributed by atoms with Crippen LogP contribution in [-0.2, 0) is 0 Å². The average molecular weight is 482 g/mol. The third kappa shape index (κ3) is 3.18. The molecule has 1 saturated heterocycles. The Labute approximate surface area is 215 Å². The number of hydrogen-bond acceptors (Lipinski definition) is 5. The van der Waals surface area contributed by atoms with Crippen molar-refractivity contribution in [2.45, 2.75) is 18.0 Å². The van der Waals surface area contributed by atoms with Gasteiger partial charge in [0.05, 0.1) is 25.3 Å². The van der Waals surface area contributed by atoms with Crippen LogP contribution in [0, 0.1) is 28.1 Å². The molecule has 6 rings (SSSR count). The first-order valence-electron chi connectivity index (χ1n) is 12.2. The Hall–Kier alpha value is -4.87. The summed E-state index contributed by atoms with van der Waals surface area (Å²) in [7, 11) is 1.57. The fourth-order valence-electron chi connectivity index (χ4n) is 6.09. The maximum atomic E-state index is 14.4. The van der Waals surface area contributed by atoms with E-state index in [4.69, 9.17) is 4.74 Å². The van der Waals surface area contributed by atoms with Gasteiger partial charge in [-0.05, 0) is 22.9 Å². The predicted octanol–water partition coefficient (Wildman–Crippen LogP) is 6.13. The smallest absolute Gasteiger partial charge is 0.185 e. The minimum atomic E-state index is -1.52. The molecule has 0 unspecified atom stereocenters. The summed E-state index contributed by atoms with van der Waals surface area (Å²) < 4.78 is 5.69. The summed E-state index contributed by atoms with van der Waals surface area (Å²) in [6.45, 7) is 0. The fraction of sp³-hybridized carbons (Fsp3) is 0.156. The lowest BCUT2D eigenvalue weighted by atomic mass is 9.69. The molecular weight excluding hydrogens is 458 g/mol. The van der Waals surface area contributed by atoms with Crippen LogP contribution in [0.5, 0.6) is 5.75 Å². The van der Waals surface area contributed by atoms with E-state index in [1.54, 1.807) is 19.2 Å². The number of hydrogen-bond donors (Lipinski definition) is 0. The number of anilines is 1. The lowest BCUT2D eigenvalue weighted by molar-refractivity contribution is 0.0950. The van der Waals surface area contributed by atoms with Crippen LogP contribution in [0.3, 0.4) is 0 Å². The zero-order chi connectivity index (χ0) is 25.6. The maximum Gasteiger partial charge on any atom is 0.185 e. The van der Waals surface area contributed by atoms with Gasteiger partial charge in [-0.3, -0.25) is 4.79 Å². The number of carbonyl (C=O) groups is 1. The highest BCUT2D eigenvalue weighted by Crippen LogP contribution is 2.57. The van der Waals surface area contributed by atoms with Gasteiger partial charge in [0.15, 0.2) is 11.2 Å². The quantitative estimate of drug-likeness (QED) is 0.328. The molecule has 2 heterocycles. The molecule has 0 saturated carbocycles. The minimum Gasteiger partial charge on any atom is -0.496 e. The van der Waals surface area contributed by atoms with Gasteiger partial charge >= 0.3 is 0 Å². The summed E-state index contributed by atoms with van der Waals surface area (Å²) in [6.07, 6.45) is 3.92. The molecule has 5 nitrogen and oxygen atoms in total. The van der Waals surface area contributed by atoms with Gasteiger partial charge in [-0.1, -0.05) is 91.0 Å². The molecule has 1 fully saturated rings. The van der Waals surface area contributed by atoms with Crippen molar-refractivity contribution in [1.29, 1.82) is 10.5 Å². The van der Waals surface area contributed by atoms with E-state index < -0.39 is 23.4 Å². The van der Waals surface area contributed by atoms with Crippen molar-refractivity contribution in [1.82, 2.24) is 0 Å². The molecule has 4 aromatic carbocycles. The molecule has 5 heteroatoms. The van der Waals surface area contributed by atoms with Gasteiger partial charge < -0.3 is 9.64 Å². The molecule has 178 valence electrons. The summed E-state index contributed by atoms with van der Waals surface area (Å²) in [5.74, 6) is -0.336. The van der Waals surface area contributed by atoms with Crippen LogP contribution >= 0.6 is 0 Å². The standard InChI is InChI=1S/C32H23N3O2/c1-37-27-14-8-7-13-25(27)29-30(31(36)22-10-3-2-4-11-22)35-26-17-15-21-9-5-6-12-23(21)24(26)16-18-28(35)32(29,19-33)20-34/h2-18,28-30H,1H3/t28-,29-,30+/m1/s1. The van der Waals surface area contributed by atoms with E-state index in [-0.39, 0.29) is 5.78 Å². The predicted molar refractivity (Wildman–Crippen MR) is 143 cm³/mol. The van der Waals surface area contributed by atoms with Gasteiger partial charge in [0.2, 0.25) is 0 Å². The monoisotopic (exact) mass is 481 g/mol. The molecule has 4 aromatic rings. The fourth-order valence-corrected chi connectivity index (χ4v) is 6.09. The van der Waals surface area contributed by atoms with Crippen LogP contribution in [0.4, 0.5) is 5.69 Å². The van der Waals surface area contributed by atoms with Crippen molar-refractivity contribution in [2.75, 3.05) is 12.0 Å². The number of para-hydroxylation sites is 1. The molecule has 0 N–H and O–H groups in total. The van der Waals surface area contributed by atoms with E-state index in [9.17, 15) is 15.3 Å². The van der Waals surface area contributed by atoms with Gasteiger partial charge in [0.25, 0.3) is 0 Å². The number of carbonyl (C=O) groups excluding carboxylic acids is 1. The molecule has 37 heavy (non-hydrogen) atoms. The topological polar surface area (TPSA) is 77.1 Å². The molecule has 2 aliphatic heterocycles. The number of ether oxygens (including phenoxy) is 1.